The molecular weight excluding hydrogens is 693 g/mol. The van der Waals surface area contributed by atoms with E-state index in [2.05, 4.69) is 216 Å². The molecule has 11 rings (SSSR count). The lowest BCUT2D eigenvalue weighted by atomic mass is 9.97. The number of rotatable bonds is 7. The highest BCUT2D eigenvalue weighted by atomic mass is 16.3. The number of nitrogens with zero attached hydrogens (tertiary/aromatic N) is 2. The van der Waals surface area contributed by atoms with Crippen LogP contribution in [-0.2, 0) is 0 Å². The number of para-hydroxylation sites is 3. The van der Waals surface area contributed by atoms with Gasteiger partial charge in [0, 0.05) is 50.4 Å². The Morgan fingerprint density at radius 1 is 0.298 bits per heavy atom. The molecule has 0 aliphatic carbocycles. The third-order valence-electron chi connectivity index (χ3n) is 11.2. The molecule has 2 heterocycles. The van der Waals surface area contributed by atoms with Crippen molar-refractivity contribution in [3.8, 4) is 39.1 Å². The molecule has 0 aliphatic rings. The van der Waals surface area contributed by atoms with Crippen molar-refractivity contribution < 1.29 is 4.42 Å². The number of anilines is 3. The smallest absolute Gasteiger partial charge is 0.137 e. The number of aromatic nitrogens is 1. The van der Waals surface area contributed by atoms with Crippen LogP contribution in [0.4, 0.5) is 17.1 Å². The molecule has 0 saturated carbocycles. The number of hydrogen-bond donors (Lipinski definition) is 0. The van der Waals surface area contributed by atoms with Crippen LogP contribution in [0.15, 0.2) is 223 Å². The lowest BCUT2D eigenvalue weighted by molar-refractivity contribution is 0.669. The van der Waals surface area contributed by atoms with Crippen LogP contribution >= 0.6 is 0 Å². The van der Waals surface area contributed by atoms with E-state index in [1.54, 1.807) is 0 Å². The molecule has 3 nitrogen and oxygen atoms in total. The fourth-order valence-corrected chi connectivity index (χ4v) is 8.44. The predicted molar refractivity (Wildman–Crippen MR) is 239 cm³/mol. The van der Waals surface area contributed by atoms with Crippen LogP contribution in [-0.4, -0.2) is 4.57 Å². The van der Waals surface area contributed by atoms with E-state index in [9.17, 15) is 0 Å². The van der Waals surface area contributed by atoms with Crippen LogP contribution in [0.1, 0.15) is 0 Å². The summed E-state index contributed by atoms with van der Waals surface area (Å²) in [4.78, 5) is 2.30. The Morgan fingerprint density at radius 2 is 0.825 bits per heavy atom. The maximum absolute atomic E-state index is 6.33. The molecule has 3 heteroatoms. The van der Waals surface area contributed by atoms with Crippen molar-refractivity contribution in [2.45, 2.75) is 0 Å². The van der Waals surface area contributed by atoms with Gasteiger partial charge in [-0.25, -0.2) is 0 Å². The van der Waals surface area contributed by atoms with Crippen molar-refractivity contribution in [3.05, 3.63) is 218 Å². The van der Waals surface area contributed by atoms with Gasteiger partial charge in [-0.2, -0.15) is 0 Å². The molecule has 11 aromatic rings. The van der Waals surface area contributed by atoms with Gasteiger partial charge in [0.25, 0.3) is 0 Å². The summed E-state index contributed by atoms with van der Waals surface area (Å²) in [6, 6.07) is 78.1. The van der Waals surface area contributed by atoms with E-state index >= 15 is 0 Å². The van der Waals surface area contributed by atoms with Gasteiger partial charge in [-0.05, 0) is 106 Å². The van der Waals surface area contributed by atoms with E-state index in [0.717, 1.165) is 55.8 Å². The highest BCUT2D eigenvalue weighted by Crippen LogP contribution is 2.41. The zero-order chi connectivity index (χ0) is 37.7. The second kappa shape index (κ2) is 13.6. The summed E-state index contributed by atoms with van der Waals surface area (Å²) in [5.74, 6) is 0. The molecule has 0 amide bonds. The standard InChI is InChI=1S/C54H36N2O/c1-3-13-37(14-4-1)38-25-28-44(29-26-38)56-51-23-9-7-21-47(51)48-31-27-42(35-52(48)56)40-16-11-15-39(33-40)41-17-12-20-45(34-41)55(43-18-5-2-6-19-43)46-30-32-50-49-22-8-10-24-53(49)57-54(50)36-46/h1-36H. The van der Waals surface area contributed by atoms with Gasteiger partial charge in [-0.3, -0.25) is 0 Å². The zero-order valence-corrected chi connectivity index (χ0v) is 31.1. The quantitative estimate of drug-likeness (QED) is 0.163. The number of furan rings is 1. The number of benzene rings is 9. The summed E-state index contributed by atoms with van der Waals surface area (Å²) >= 11 is 0. The Balaban J connectivity index is 0.985. The molecule has 0 spiro atoms. The average Bonchev–Trinajstić information content (AvgIpc) is 3.82. The van der Waals surface area contributed by atoms with E-state index in [0.29, 0.717) is 0 Å². The second-order valence-corrected chi connectivity index (χ2v) is 14.6. The van der Waals surface area contributed by atoms with E-state index in [4.69, 9.17) is 4.42 Å². The Morgan fingerprint density at radius 3 is 1.63 bits per heavy atom. The van der Waals surface area contributed by atoms with Crippen molar-refractivity contribution in [1.29, 1.82) is 0 Å². The Hall–Kier alpha value is -7.62. The summed E-state index contributed by atoms with van der Waals surface area (Å²) in [5, 5.41) is 4.74. The highest BCUT2D eigenvalue weighted by molar-refractivity contribution is 6.10. The summed E-state index contributed by atoms with van der Waals surface area (Å²) in [7, 11) is 0. The fraction of sp³-hybridized carbons (Fsp3) is 0. The largest absolute Gasteiger partial charge is 0.456 e. The third-order valence-corrected chi connectivity index (χ3v) is 11.2. The molecule has 0 aliphatic heterocycles. The van der Waals surface area contributed by atoms with Crippen LogP contribution in [0.3, 0.4) is 0 Å². The summed E-state index contributed by atoms with van der Waals surface area (Å²) in [6.45, 7) is 0. The van der Waals surface area contributed by atoms with E-state index < -0.39 is 0 Å². The van der Waals surface area contributed by atoms with Gasteiger partial charge in [0.2, 0.25) is 0 Å². The van der Waals surface area contributed by atoms with Crippen molar-refractivity contribution in [2.24, 2.45) is 0 Å². The molecule has 0 bridgehead atoms. The normalized spacial score (nSPS) is 11.5. The lowest BCUT2D eigenvalue weighted by Crippen LogP contribution is -2.09. The topological polar surface area (TPSA) is 21.3 Å². The molecule has 2 aromatic heterocycles. The van der Waals surface area contributed by atoms with Crippen LogP contribution in [0.5, 0.6) is 0 Å². The molecule has 0 radical (unpaired) electrons. The summed E-state index contributed by atoms with van der Waals surface area (Å²) in [6.07, 6.45) is 0. The minimum Gasteiger partial charge on any atom is -0.456 e. The Bertz CT molecular complexity index is 3230. The van der Waals surface area contributed by atoms with Gasteiger partial charge in [0.1, 0.15) is 11.2 Å². The SMILES string of the molecule is c1ccc(-c2ccc(-n3c4ccccc4c4ccc(-c5cccc(-c6cccc(N(c7ccccc7)c7ccc8c(c7)oc7ccccc78)c6)c5)cc43)cc2)cc1. The average molecular weight is 729 g/mol. The van der Waals surface area contributed by atoms with Gasteiger partial charge in [-0.15, -0.1) is 0 Å². The summed E-state index contributed by atoms with van der Waals surface area (Å²) in [5.41, 5.74) is 15.6. The van der Waals surface area contributed by atoms with Gasteiger partial charge >= 0.3 is 0 Å². The van der Waals surface area contributed by atoms with Crippen LogP contribution in [0.25, 0.3) is 82.8 Å². The fourth-order valence-electron chi connectivity index (χ4n) is 8.44. The van der Waals surface area contributed by atoms with Gasteiger partial charge in [0.15, 0.2) is 0 Å². The maximum Gasteiger partial charge on any atom is 0.137 e. The Kier molecular flexibility index (Phi) is 7.82. The van der Waals surface area contributed by atoms with E-state index in [1.807, 2.05) is 12.1 Å². The first-order chi connectivity index (χ1) is 28.2. The molecule has 0 N–H and O–H groups in total. The van der Waals surface area contributed by atoms with Crippen molar-refractivity contribution in [2.75, 3.05) is 4.90 Å². The van der Waals surface area contributed by atoms with E-state index in [-0.39, 0.29) is 0 Å². The van der Waals surface area contributed by atoms with Crippen molar-refractivity contribution in [1.82, 2.24) is 4.57 Å². The number of hydrogen-bond acceptors (Lipinski definition) is 2. The molecular formula is C54H36N2O. The molecule has 57 heavy (non-hydrogen) atoms. The van der Waals surface area contributed by atoms with E-state index in [1.165, 1.54) is 44.1 Å². The first-order valence-electron chi connectivity index (χ1n) is 19.4. The maximum atomic E-state index is 6.33. The molecule has 0 fully saturated rings. The Labute approximate surface area is 330 Å². The van der Waals surface area contributed by atoms with Gasteiger partial charge in [-0.1, -0.05) is 140 Å². The molecule has 9 aromatic carbocycles. The van der Waals surface area contributed by atoms with Crippen LogP contribution < -0.4 is 4.90 Å². The molecule has 0 atom stereocenters. The summed E-state index contributed by atoms with van der Waals surface area (Å²) < 4.78 is 8.73. The predicted octanol–water partition coefficient (Wildman–Crippen LogP) is 15.2. The van der Waals surface area contributed by atoms with Gasteiger partial charge in [0.05, 0.1) is 11.0 Å². The van der Waals surface area contributed by atoms with Crippen molar-refractivity contribution in [3.63, 3.8) is 0 Å². The number of fused-ring (bicyclic) bond motifs is 6. The minimum atomic E-state index is 0.874. The minimum absolute atomic E-state index is 0.874. The van der Waals surface area contributed by atoms with Crippen LogP contribution in [0.2, 0.25) is 0 Å². The van der Waals surface area contributed by atoms with Gasteiger partial charge < -0.3 is 13.9 Å². The second-order valence-electron chi connectivity index (χ2n) is 14.6. The molecule has 0 unspecified atom stereocenters. The molecule has 268 valence electrons. The van der Waals surface area contributed by atoms with Crippen LogP contribution in [0, 0.1) is 0 Å². The lowest BCUT2D eigenvalue weighted by Gasteiger charge is -2.26. The highest BCUT2D eigenvalue weighted by Gasteiger charge is 2.17. The van der Waals surface area contributed by atoms with Crippen molar-refractivity contribution >= 4 is 60.8 Å². The first kappa shape index (κ1) is 32.8. The monoisotopic (exact) mass is 728 g/mol. The zero-order valence-electron chi connectivity index (χ0n) is 31.1. The molecule has 0 saturated heterocycles. The first-order valence-corrected chi connectivity index (χ1v) is 19.4. The third kappa shape index (κ3) is 5.76.